The van der Waals surface area contributed by atoms with Crippen LogP contribution in [0.1, 0.15) is 158 Å². The Labute approximate surface area is 687 Å². The molecule has 2 aromatic carbocycles. The Kier molecular flexibility index (Phi) is 49.7. The molecule has 2 rings (SSSR count). The first-order valence-corrected chi connectivity index (χ1v) is 40.3. The number of aliphatic hydroxyl groups is 2. The fourth-order valence-corrected chi connectivity index (χ4v) is 12.0. The largest absolute Gasteiger partial charge is 0.481 e. The molecular formula is C77H127N19O20S. The minimum Gasteiger partial charge on any atom is -0.481 e. The Hall–Kier alpha value is -10.7. The second-order valence-electron chi connectivity index (χ2n) is 29.9. The van der Waals surface area contributed by atoms with Crippen LogP contribution in [-0.2, 0) is 84.8 Å². The lowest BCUT2D eigenvalue weighted by molar-refractivity contribution is -0.142. The molecule has 0 fully saturated rings. The van der Waals surface area contributed by atoms with Crippen LogP contribution in [0.2, 0.25) is 0 Å². The molecule has 117 heavy (non-hydrogen) atoms. The molecule has 0 aliphatic heterocycles. The molecule has 0 aliphatic rings. The molecule has 656 valence electrons. The number of amides is 12. The molecule has 40 heteroatoms. The Balaban J connectivity index is 0.0000167. The standard InChI is InChI=1S/C75H123N19O18S.C2H4O2/c1-12-44(10)60(94-70(108)57(39-96)92-63(101)50(27-28-58(97)98)83-61(99)47(76)33-40(2)3)72(110)90-55(37-46-23-17-14-18-24-46)68(106)84-48(25-19-30-81-74(77)78)62(100)91-56(38-95)69(107)88-53(35-42(6)7)65(103)87-52(34-41(4)5)66(104)89-54(36-45-21-15-13-16-22-45)67(105)85-49(26-20-31-82-75(79)80)64(102)93-59(43(8)9)71(109)86-51(73(111)112)29-32-113-11;1-2(3)4/h13-18,21-24,40-44,47-57,59-60,95-96H,12,19-20,25-39,76H2,1-11H3,(H,83,99)(H,84,106)(H,85,105)(H,86,109)(H,87,103)(H,88,107)(H,89,104)(H,90,110)(H,91,100)(H,92,101)(H,93,102)(H,94,108)(H,97,98)(H,111,112)(H4,77,78,81)(H4,79,80,82);1H3,(H,3,4)/t44-,47+,48+,49+,50-,51-,52+,53+,54-,55-,56+,57-,59+,60-;/m0./s1. The molecule has 12 amide bonds. The maximum Gasteiger partial charge on any atom is 0.326 e. The van der Waals surface area contributed by atoms with Gasteiger partial charge in [-0.15, -0.1) is 0 Å². The summed E-state index contributed by atoms with van der Waals surface area (Å²) in [6, 6.07) is -2.19. The van der Waals surface area contributed by atoms with Crippen molar-refractivity contribution in [3.8, 4) is 0 Å². The zero-order valence-electron chi connectivity index (χ0n) is 68.9. The number of carboxylic acids is 3. The van der Waals surface area contributed by atoms with E-state index in [2.05, 4.69) is 73.8 Å². The van der Waals surface area contributed by atoms with Gasteiger partial charge in [0, 0.05) is 39.3 Å². The SMILES string of the molecule is CC(=O)O.CC[C@H](C)[C@H](NC(=O)[C@H](CO)NC(=O)[C@H](CCC(=O)O)NC(=O)[C@H](N)CC(C)C)C(=O)N[C@@H](Cc1ccccc1)C(=O)N[C@H](CCCN=C(N)N)C(=O)N[C@H](CO)C(=O)N[C@H](CC(C)C)C(=O)N[C@H](CC(C)C)C(=O)N[C@@H](Cc1ccccc1)C(=O)N[C@H](CCCN=C(N)N)C(=O)N[C@@H](C(=O)N[C@@H](CCSC)C(=O)O)C(C)C. The summed E-state index contributed by atoms with van der Waals surface area (Å²) in [4.78, 5) is 212. The molecule has 0 bridgehead atoms. The fourth-order valence-electron chi connectivity index (χ4n) is 11.6. The van der Waals surface area contributed by atoms with Gasteiger partial charge >= 0.3 is 11.9 Å². The number of carbonyl (C=O) groups excluding carboxylic acids is 12. The quantitative estimate of drug-likeness (QED) is 0.0183. The molecule has 0 heterocycles. The third kappa shape index (κ3) is 42.6. The number of nitrogens with one attached hydrogen (secondary N) is 12. The molecular weight excluding hydrogens is 1540 g/mol. The van der Waals surface area contributed by atoms with Crippen LogP contribution in [-0.4, -0.2) is 243 Å². The summed E-state index contributed by atoms with van der Waals surface area (Å²) in [5.41, 5.74) is 29.4. The van der Waals surface area contributed by atoms with E-state index in [0.717, 1.165) is 6.92 Å². The minimum absolute atomic E-state index is 0.0159. The van der Waals surface area contributed by atoms with E-state index in [1.165, 1.54) is 11.8 Å². The Morgan fingerprint density at radius 2 is 0.718 bits per heavy atom. The van der Waals surface area contributed by atoms with Crippen molar-refractivity contribution >= 4 is 112 Å². The first kappa shape index (κ1) is 104. The van der Waals surface area contributed by atoms with Crippen molar-refractivity contribution in [2.75, 3.05) is 38.3 Å². The smallest absolute Gasteiger partial charge is 0.326 e. The number of aliphatic hydroxyl groups excluding tert-OH is 2. The van der Waals surface area contributed by atoms with Gasteiger partial charge in [0.15, 0.2) is 11.9 Å². The lowest BCUT2D eigenvalue weighted by Gasteiger charge is -2.30. The predicted molar refractivity (Wildman–Crippen MR) is 439 cm³/mol. The van der Waals surface area contributed by atoms with E-state index >= 15 is 0 Å². The van der Waals surface area contributed by atoms with Gasteiger partial charge in [0.05, 0.1) is 19.3 Å². The maximum absolute atomic E-state index is 14.8. The summed E-state index contributed by atoms with van der Waals surface area (Å²) < 4.78 is 0. The van der Waals surface area contributed by atoms with Crippen LogP contribution >= 0.6 is 11.8 Å². The molecule has 0 radical (unpaired) electrons. The van der Waals surface area contributed by atoms with Gasteiger partial charge in [-0.1, -0.05) is 136 Å². The molecule has 2 aromatic rings. The normalized spacial score (nSPS) is 14.7. The van der Waals surface area contributed by atoms with Crippen molar-refractivity contribution in [3.05, 3.63) is 71.8 Å². The molecule has 27 N–H and O–H groups in total. The first-order chi connectivity index (χ1) is 55.0. The van der Waals surface area contributed by atoms with Gasteiger partial charge in [-0.3, -0.25) is 77.1 Å². The number of aliphatic imine (C=N–C) groups is 2. The second kappa shape index (κ2) is 55.8. The van der Waals surface area contributed by atoms with Gasteiger partial charge in [0.1, 0.15) is 72.5 Å². The monoisotopic (exact) mass is 1670 g/mol. The van der Waals surface area contributed by atoms with E-state index < -0.39 is 205 Å². The Morgan fingerprint density at radius 3 is 1.09 bits per heavy atom. The van der Waals surface area contributed by atoms with Crippen LogP contribution in [0.25, 0.3) is 0 Å². The maximum atomic E-state index is 14.8. The van der Waals surface area contributed by atoms with Crippen LogP contribution in [0.15, 0.2) is 70.6 Å². The number of guanidine groups is 2. The van der Waals surface area contributed by atoms with Gasteiger partial charge in [0.2, 0.25) is 70.9 Å². The predicted octanol–water partition coefficient (Wildman–Crippen LogP) is -2.66. The number of hydrogen-bond acceptors (Lipinski definition) is 21. The van der Waals surface area contributed by atoms with Crippen molar-refractivity contribution in [1.82, 2.24) is 63.8 Å². The van der Waals surface area contributed by atoms with Gasteiger partial charge in [-0.25, -0.2) is 4.79 Å². The van der Waals surface area contributed by atoms with E-state index in [1.54, 1.807) is 122 Å². The number of nitrogens with zero attached hydrogens (tertiary/aromatic N) is 2. The molecule has 0 aromatic heterocycles. The molecule has 0 saturated carbocycles. The van der Waals surface area contributed by atoms with Crippen molar-refractivity contribution in [2.24, 2.45) is 68.2 Å². The van der Waals surface area contributed by atoms with E-state index in [1.807, 2.05) is 13.8 Å². The topological polar surface area (TPSA) is 656 Å². The van der Waals surface area contributed by atoms with Gasteiger partial charge in [0.25, 0.3) is 5.97 Å². The summed E-state index contributed by atoms with van der Waals surface area (Å²) in [6.45, 7) is 16.1. The van der Waals surface area contributed by atoms with E-state index in [9.17, 15) is 87.5 Å². The lowest BCUT2D eigenvalue weighted by atomic mass is 9.96. The highest BCUT2D eigenvalue weighted by molar-refractivity contribution is 7.98. The third-order valence-corrected chi connectivity index (χ3v) is 18.6. The average molecular weight is 1670 g/mol. The van der Waals surface area contributed by atoms with Crippen molar-refractivity contribution in [1.29, 1.82) is 0 Å². The lowest BCUT2D eigenvalue weighted by Crippen LogP contribution is -2.62. The summed E-state index contributed by atoms with van der Waals surface area (Å²) in [6.07, 6.45) is 0.655. The van der Waals surface area contributed by atoms with E-state index in [-0.39, 0.29) is 113 Å². The number of aliphatic carboxylic acids is 3. The number of rotatable bonds is 54. The molecule has 14 atom stereocenters. The first-order valence-electron chi connectivity index (χ1n) is 38.9. The summed E-state index contributed by atoms with van der Waals surface area (Å²) >= 11 is 1.38. The molecule has 0 unspecified atom stereocenters. The second-order valence-corrected chi connectivity index (χ2v) is 30.9. The van der Waals surface area contributed by atoms with E-state index in [0.29, 0.717) is 16.9 Å². The summed E-state index contributed by atoms with van der Waals surface area (Å²) in [5, 5.41) is 78.9. The average Bonchev–Trinajstić information content (AvgIpc) is 0.845. The fraction of sp³-hybridized carbons (Fsp3) is 0.623. The Morgan fingerprint density at radius 1 is 0.402 bits per heavy atom. The summed E-state index contributed by atoms with van der Waals surface area (Å²) in [7, 11) is 0. The van der Waals surface area contributed by atoms with Crippen molar-refractivity contribution in [2.45, 2.75) is 238 Å². The molecule has 39 nitrogen and oxygen atoms in total. The van der Waals surface area contributed by atoms with Gasteiger partial charge in [-0.05, 0) is 111 Å². The van der Waals surface area contributed by atoms with Crippen LogP contribution in [0.4, 0.5) is 0 Å². The molecule has 0 spiro atoms. The van der Waals surface area contributed by atoms with Crippen molar-refractivity contribution in [3.63, 3.8) is 0 Å². The zero-order valence-corrected chi connectivity index (χ0v) is 69.8. The van der Waals surface area contributed by atoms with E-state index in [4.69, 9.17) is 38.6 Å². The zero-order chi connectivity index (χ0) is 88.8. The summed E-state index contributed by atoms with van der Waals surface area (Å²) in [5.74, 6) is -16.7. The Bertz CT molecular complexity index is 3590. The number of carbonyl (C=O) groups is 15. The highest BCUT2D eigenvalue weighted by Gasteiger charge is 2.39. The molecule has 0 saturated heterocycles. The van der Waals surface area contributed by atoms with Crippen LogP contribution in [0.3, 0.4) is 0 Å². The van der Waals surface area contributed by atoms with Gasteiger partial charge in [-0.2, -0.15) is 11.8 Å². The number of hydrogen-bond donors (Lipinski definition) is 22. The van der Waals surface area contributed by atoms with Gasteiger partial charge < -0.3 is 118 Å². The number of nitrogens with two attached hydrogens (primary N) is 5. The van der Waals surface area contributed by atoms with Crippen LogP contribution in [0, 0.1) is 29.6 Å². The highest BCUT2D eigenvalue weighted by Crippen LogP contribution is 2.17. The minimum atomic E-state index is -1.83. The van der Waals surface area contributed by atoms with Crippen molar-refractivity contribution < 1.29 is 97.5 Å². The number of benzene rings is 2. The number of thioether (sulfide) groups is 1. The highest BCUT2D eigenvalue weighted by atomic mass is 32.2. The van der Waals surface area contributed by atoms with Crippen LogP contribution < -0.4 is 92.5 Å². The molecule has 0 aliphatic carbocycles. The third-order valence-electron chi connectivity index (χ3n) is 17.9. The van der Waals surface area contributed by atoms with Crippen LogP contribution in [0.5, 0.6) is 0 Å². The number of carboxylic acid groups (broad SMARTS) is 3.